The molecule has 0 aliphatic carbocycles. The van der Waals surface area contributed by atoms with Crippen LogP contribution in [0.4, 0.5) is 11.4 Å². The Morgan fingerprint density at radius 1 is 1.24 bits per heavy atom. The summed E-state index contributed by atoms with van der Waals surface area (Å²) < 4.78 is 6.56. The van der Waals surface area contributed by atoms with Crippen molar-refractivity contribution in [1.29, 1.82) is 5.26 Å². The van der Waals surface area contributed by atoms with Gasteiger partial charge >= 0.3 is 0 Å². The van der Waals surface area contributed by atoms with Crippen molar-refractivity contribution in [2.45, 2.75) is 0 Å². The molecule has 9 heteroatoms. The number of nitriles is 1. The number of halogens is 2. The maximum absolute atomic E-state index is 12.4. The number of non-ortho nitro benzene ring substituents is 1. The molecule has 0 spiro atoms. The second kappa shape index (κ2) is 8.89. The lowest BCUT2D eigenvalue weighted by atomic mass is 10.1. The first kappa shape index (κ1) is 20.6. The van der Waals surface area contributed by atoms with Gasteiger partial charge < -0.3 is 9.73 Å². The van der Waals surface area contributed by atoms with E-state index in [0.717, 1.165) is 3.57 Å². The first-order chi connectivity index (χ1) is 13.9. The number of nitrogens with zero attached hydrogens (tertiary/aromatic N) is 2. The van der Waals surface area contributed by atoms with Crippen LogP contribution < -0.4 is 5.32 Å². The molecule has 1 amide bonds. The van der Waals surface area contributed by atoms with Crippen molar-refractivity contribution >= 4 is 57.5 Å². The van der Waals surface area contributed by atoms with E-state index in [-0.39, 0.29) is 27.8 Å². The third kappa shape index (κ3) is 5.01. The number of rotatable bonds is 5. The Bertz CT molecular complexity index is 1180. The van der Waals surface area contributed by atoms with Crippen LogP contribution in [0.15, 0.2) is 64.6 Å². The summed E-state index contributed by atoms with van der Waals surface area (Å²) in [5.41, 5.74) is 0.608. The van der Waals surface area contributed by atoms with E-state index in [1.807, 2.05) is 12.1 Å². The molecule has 0 aliphatic heterocycles. The van der Waals surface area contributed by atoms with E-state index >= 15 is 0 Å². The molecule has 3 rings (SSSR count). The van der Waals surface area contributed by atoms with Gasteiger partial charge in [0.05, 0.1) is 9.95 Å². The van der Waals surface area contributed by atoms with Gasteiger partial charge in [-0.3, -0.25) is 14.9 Å². The number of hydrogen-bond donors (Lipinski definition) is 1. The molecule has 1 aromatic heterocycles. The highest BCUT2D eigenvalue weighted by atomic mass is 127. The second-order valence-corrected chi connectivity index (χ2v) is 7.41. The van der Waals surface area contributed by atoms with Gasteiger partial charge in [-0.2, -0.15) is 5.26 Å². The number of carbonyl (C=O) groups excluding carboxylic acids is 1. The third-order valence-electron chi connectivity index (χ3n) is 3.79. The summed E-state index contributed by atoms with van der Waals surface area (Å²) in [7, 11) is 0. The monoisotopic (exact) mass is 519 g/mol. The zero-order valence-corrected chi connectivity index (χ0v) is 17.5. The third-order valence-corrected chi connectivity index (χ3v) is 4.79. The van der Waals surface area contributed by atoms with Crippen LogP contribution in [0.5, 0.6) is 0 Å². The first-order valence-electron chi connectivity index (χ1n) is 8.10. The highest BCUT2D eigenvalue weighted by molar-refractivity contribution is 14.1. The summed E-state index contributed by atoms with van der Waals surface area (Å²) in [6.45, 7) is 0. The van der Waals surface area contributed by atoms with Crippen LogP contribution in [0.25, 0.3) is 17.4 Å². The molecule has 1 heterocycles. The number of nitro benzene ring substituents is 1. The van der Waals surface area contributed by atoms with Crippen molar-refractivity contribution in [2.75, 3.05) is 5.32 Å². The summed E-state index contributed by atoms with van der Waals surface area (Å²) >= 11 is 8.23. The van der Waals surface area contributed by atoms with Crippen molar-refractivity contribution in [2.24, 2.45) is 0 Å². The normalized spacial score (nSPS) is 11.0. The fourth-order valence-electron chi connectivity index (χ4n) is 2.45. The molecule has 0 atom stereocenters. The van der Waals surface area contributed by atoms with Gasteiger partial charge in [-0.05, 0) is 59.0 Å². The molecule has 144 valence electrons. The van der Waals surface area contributed by atoms with Crippen LogP contribution in [0.3, 0.4) is 0 Å². The van der Waals surface area contributed by atoms with Gasteiger partial charge in [-0.25, -0.2) is 0 Å². The molecule has 29 heavy (non-hydrogen) atoms. The fraction of sp³-hybridized carbons (Fsp3) is 0. The van der Waals surface area contributed by atoms with Gasteiger partial charge in [0.15, 0.2) is 0 Å². The van der Waals surface area contributed by atoms with E-state index in [1.165, 1.54) is 24.3 Å². The largest absolute Gasteiger partial charge is 0.457 e. The van der Waals surface area contributed by atoms with Crippen molar-refractivity contribution in [3.05, 3.63) is 84.6 Å². The zero-order chi connectivity index (χ0) is 21.0. The molecular weight excluding hydrogens is 509 g/mol. The average molecular weight is 520 g/mol. The number of nitrogens with one attached hydrogen (secondary N) is 1. The molecule has 0 fully saturated rings. The molecule has 0 radical (unpaired) electrons. The van der Waals surface area contributed by atoms with Gasteiger partial charge in [0.1, 0.15) is 23.2 Å². The number of furan rings is 1. The van der Waals surface area contributed by atoms with Crippen LogP contribution in [0, 0.1) is 25.0 Å². The Labute approximate surface area is 183 Å². The van der Waals surface area contributed by atoms with Gasteiger partial charge in [0, 0.05) is 33.0 Å². The molecule has 0 saturated carbocycles. The summed E-state index contributed by atoms with van der Waals surface area (Å²) in [5.74, 6) is -0.0713. The molecule has 0 unspecified atom stereocenters. The maximum Gasteiger partial charge on any atom is 0.270 e. The SMILES string of the molecule is N#C/C(=C\c1ccc(-c2cc([N+](=O)[O-])ccc2Cl)o1)C(=O)Nc1cccc(I)c1. The molecule has 0 aliphatic rings. The van der Waals surface area contributed by atoms with E-state index in [9.17, 15) is 20.2 Å². The van der Waals surface area contributed by atoms with E-state index in [4.69, 9.17) is 16.0 Å². The number of benzene rings is 2. The predicted molar refractivity (Wildman–Crippen MR) is 117 cm³/mol. The minimum absolute atomic E-state index is 0.132. The number of nitro groups is 1. The molecule has 7 nitrogen and oxygen atoms in total. The van der Waals surface area contributed by atoms with Crippen molar-refractivity contribution in [1.82, 2.24) is 0 Å². The van der Waals surface area contributed by atoms with Crippen LogP contribution in [0.1, 0.15) is 5.76 Å². The zero-order valence-electron chi connectivity index (χ0n) is 14.6. The lowest BCUT2D eigenvalue weighted by molar-refractivity contribution is -0.384. The van der Waals surface area contributed by atoms with Crippen molar-refractivity contribution < 1.29 is 14.1 Å². The summed E-state index contributed by atoms with van der Waals surface area (Å²) in [6, 6.07) is 16.1. The van der Waals surface area contributed by atoms with Crippen LogP contribution in [0.2, 0.25) is 5.02 Å². The van der Waals surface area contributed by atoms with E-state index in [2.05, 4.69) is 27.9 Å². The summed E-state index contributed by atoms with van der Waals surface area (Å²) in [5, 5.41) is 23.2. The van der Waals surface area contributed by atoms with Gasteiger partial charge in [-0.15, -0.1) is 0 Å². The molecular formula is C20H11ClIN3O4. The Hall–Kier alpha value is -3.16. The summed E-state index contributed by atoms with van der Waals surface area (Å²) in [4.78, 5) is 22.8. The second-order valence-electron chi connectivity index (χ2n) is 5.76. The van der Waals surface area contributed by atoms with Crippen molar-refractivity contribution in [3.63, 3.8) is 0 Å². The minimum Gasteiger partial charge on any atom is -0.457 e. The molecule has 3 aromatic rings. The average Bonchev–Trinajstić information content (AvgIpc) is 3.14. The number of carbonyl (C=O) groups is 1. The maximum atomic E-state index is 12.4. The quantitative estimate of drug-likeness (QED) is 0.154. The number of hydrogen-bond acceptors (Lipinski definition) is 5. The number of amides is 1. The lowest BCUT2D eigenvalue weighted by Crippen LogP contribution is -2.13. The lowest BCUT2D eigenvalue weighted by Gasteiger charge is -2.04. The predicted octanol–water partition coefficient (Wildman–Crippen LogP) is 5.66. The Kier molecular flexibility index (Phi) is 6.31. The van der Waals surface area contributed by atoms with Gasteiger partial charge in [-0.1, -0.05) is 17.7 Å². The topological polar surface area (TPSA) is 109 Å². The van der Waals surface area contributed by atoms with Gasteiger partial charge in [0.2, 0.25) is 0 Å². The minimum atomic E-state index is -0.583. The van der Waals surface area contributed by atoms with Crippen LogP contribution in [-0.2, 0) is 4.79 Å². The summed E-state index contributed by atoms with van der Waals surface area (Å²) in [6.07, 6.45) is 1.29. The Morgan fingerprint density at radius 3 is 2.72 bits per heavy atom. The fourth-order valence-corrected chi connectivity index (χ4v) is 3.20. The van der Waals surface area contributed by atoms with E-state index in [1.54, 1.807) is 30.3 Å². The highest BCUT2D eigenvalue weighted by Crippen LogP contribution is 2.33. The Morgan fingerprint density at radius 2 is 2.03 bits per heavy atom. The highest BCUT2D eigenvalue weighted by Gasteiger charge is 2.15. The Balaban J connectivity index is 1.86. The molecule has 0 saturated heterocycles. The smallest absolute Gasteiger partial charge is 0.270 e. The number of anilines is 1. The molecule has 0 bridgehead atoms. The van der Waals surface area contributed by atoms with E-state index in [0.29, 0.717) is 11.3 Å². The van der Waals surface area contributed by atoms with E-state index < -0.39 is 10.8 Å². The first-order valence-corrected chi connectivity index (χ1v) is 9.56. The standard InChI is InChI=1S/C20H11ClIN3O4/c21-18-6-4-15(25(27)28)10-17(18)19-7-5-16(29-19)8-12(11-23)20(26)24-14-3-1-2-13(22)9-14/h1-10H,(H,24,26)/b12-8+. The van der Waals surface area contributed by atoms with Gasteiger partial charge in [0.25, 0.3) is 11.6 Å². The molecule has 1 N–H and O–H groups in total. The van der Waals surface area contributed by atoms with Crippen molar-refractivity contribution in [3.8, 4) is 17.4 Å². The van der Waals surface area contributed by atoms with Crippen LogP contribution >= 0.6 is 34.2 Å². The molecule has 2 aromatic carbocycles. The van der Waals surface area contributed by atoms with Crippen LogP contribution in [-0.4, -0.2) is 10.8 Å².